The lowest BCUT2D eigenvalue weighted by Gasteiger charge is -1.94. The van der Waals surface area contributed by atoms with Gasteiger partial charge in [0.05, 0.1) is 0 Å². The summed E-state index contributed by atoms with van der Waals surface area (Å²) in [5.74, 6) is 0. The van der Waals surface area contributed by atoms with Gasteiger partial charge in [0, 0.05) is 10.7 Å². The highest BCUT2D eigenvalue weighted by Gasteiger charge is 1.87. The Morgan fingerprint density at radius 1 is 1.36 bits per heavy atom. The van der Waals surface area contributed by atoms with E-state index in [1.165, 1.54) is 0 Å². The highest BCUT2D eigenvalue weighted by molar-refractivity contribution is 6.30. The zero-order valence-electron chi connectivity index (χ0n) is 6.34. The molecule has 11 heavy (non-hydrogen) atoms. The van der Waals surface area contributed by atoms with Crippen molar-refractivity contribution >= 4 is 17.7 Å². The molecule has 0 aliphatic rings. The maximum atomic E-state index is 5.70. The van der Waals surface area contributed by atoms with E-state index in [0.29, 0.717) is 0 Å². The van der Waals surface area contributed by atoms with Crippen molar-refractivity contribution in [2.24, 2.45) is 5.73 Å². The Labute approximate surface area is 71.5 Å². The molecule has 0 amide bonds. The van der Waals surface area contributed by atoms with E-state index in [-0.39, 0.29) is 0 Å². The third kappa shape index (κ3) is 2.64. The Hall–Kier alpha value is -0.950. The molecule has 0 aliphatic heterocycles. The Kier molecular flexibility index (Phi) is 2.55. The third-order valence-electron chi connectivity index (χ3n) is 1.26. The van der Waals surface area contributed by atoms with Crippen molar-refractivity contribution in [3.8, 4) is 0 Å². The van der Waals surface area contributed by atoms with Crippen LogP contribution in [0.4, 0.5) is 0 Å². The summed E-state index contributed by atoms with van der Waals surface area (Å²) in [4.78, 5) is 0. The fraction of sp³-hybridized carbons (Fsp3) is 0.111. The van der Waals surface area contributed by atoms with Crippen LogP contribution in [0.15, 0.2) is 30.0 Å². The lowest BCUT2D eigenvalue weighted by Crippen LogP contribution is -1.88. The van der Waals surface area contributed by atoms with Crippen LogP contribution in [0.25, 0.3) is 6.08 Å². The van der Waals surface area contributed by atoms with E-state index in [2.05, 4.69) is 0 Å². The van der Waals surface area contributed by atoms with E-state index in [1.807, 2.05) is 37.3 Å². The topological polar surface area (TPSA) is 26.0 Å². The highest BCUT2D eigenvalue weighted by atomic mass is 35.5. The van der Waals surface area contributed by atoms with Crippen LogP contribution in [0, 0.1) is 0 Å². The van der Waals surface area contributed by atoms with Gasteiger partial charge in [-0.1, -0.05) is 23.7 Å². The number of benzene rings is 1. The first-order chi connectivity index (χ1) is 5.18. The summed E-state index contributed by atoms with van der Waals surface area (Å²) in [7, 11) is 0. The summed E-state index contributed by atoms with van der Waals surface area (Å²) < 4.78 is 0. The monoisotopic (exact) mass is 167 g/mol. The maximum absolute atomic E-state index is 5.70. The van der Waals surface area contributed by atoms with Crippen molar-refractivity contribution in [2.75, 3.05) is 0 Å². The molecular weight excluding hydrogens is 158 g/mol. The van der Waals surface area contributed by atoms with Gasteiger partial charge in [-0.3, -0.25) is 0 Å². The molecule has 2 N–H and O–H groups in total. The number of rotatable bonds is 1. The van der Waals surface area contributed by atoms with Crippen LogP contribution in [0.1, 0.15) is 12.5 Å². The van der Waals surface area contributed by atoms with Gasteiger partial charge in [0.2, 0.25) is 0 Å². The van der Waals surface area contributed by atoms with Crippen molar-refractivity contribution in [3.63, 3.8) is 0 Å². The van der Waals surface area contributed by atoms with Gasteiger partial charge in [0.1, 0.15) is 0 Å². The molecule has 0 saturated carbocycles. The van der Waals surface area contributed by atoms with E-state index in [9.17, 15) is 0 Å². The van der Waals surface area contributed by atoms with Gasteiger partial charge >= 0.3 is 0 Å². The second kappa shape index (κ2) is 3.44. The summed E-state index contributed by atoms with van der Waals surface area (Å²) >= 11 is 5.70. The second-order valence-electron chi connectivity index (χ2n) is 2.44. The molecule has 0 spiro atoms. The van der Waals surface area contributed by atoms with Crippen LogP contribution in [-0.4, -0.2) is 0 Å². The molecule has 1 aromatic carbocycles. The maximum Gasteiger partial charge on any atom is 0.0406 e. The zero-order chi connectivity index (χ0) is 8.27. The smallest absolute Gasteiger partial charge is 0.0406 e. The lowest BCUT2D eigenvalue weighted by molar-refractivity contribution is 1.34. The van der Waals surface area contributed by atoms with Gasteiger partial charge in [-0.2, -0.15) is 0 Å². The number of halogens is 1. The van der Waals surface area contributed by atoms with Gasteiger partial charge in [-0.05, 0) is 30.7 Å². The number of nitrogens with two attached hydrogens (primary N) is 1. The summed E-state index contributed by atoms with van der Waals surface area (Å²) in [5, 5.41) is 0.747. The van der Waals surface area contributed by atoms with Crippen LogP contribution >= 0.6 is 11.6 Å². The first kappa shape index (κ1) is 8.15. The Morgan fingerprint density at radius 3 is 2.36 bits per heavy atom. The molecule has 0 aliphatic carbocycles. The fourth-order valence-electron chi connectivity index (χ4n) is 0.822. The number of hydrogen-bond donors (Lipinski definition) is 1. The molecule has 0 atom stereocenters. The minimum Gasteiger partial charge on any atom is -0.402 e. The largest absolute Gasteiger partial charge is 0.402 e. The minimum atomic E-state index is 0.747. The molecule has 0 saturated heterocycles. The van der Waals surface area contributed by atoms with E-state index in [4.69, 9.17) is 17.3 Å². The SMILES string of the molecule is C/C(N)=C\c1ccc(Cl)cc1. The molecule has 1 rings (SSSR count). The molecule has 0 fully saturated rings. The van der Waals surface area contributed by atoms with E-state index >= 15 is 0 Å². The van der Waals surface area contributed by atoms with Gasteiger partial charge in [-0.15, -0.1) is 0 Å². The summed E-state index contributed by atoms with van der Waals surface area (Å²) in [5.41, 5.74) is 7.37. The Bertz CT molecular complexity index is 257. The van der Waals surface area contributed by atoms with Crippen molar-refractivity contribution in [1.29, 1.82) is 0 Å². The summed E-state index contributed by atoms with van der Waals surface area (Å²) in [6.45, 7) is 1.86. The Balaban J connectivity index is 2.91. The molecule has 0 radical (unpaired) electrons. The molecule has 1 nitrogen and oxygen atoms in total. The summed E-state index contributed by atoms with van der Waals surface area (Å²) in [6, 6.07) is 7.55. The van der Waals surface area contributed by atoms with Crippen molar-refractivity contribution in [3.05, 3.63) is 40.5 Å². The molecule has 58 valence electrons. The second-order valence-corrected chi connectivity index (χ2v) is 2.88. The van der Waals surface area contributed by atoms with Crippen LogP contribution in [0.2, 0.25) is 5.02 Å². The molecule has 2 heteroatoms. The van der Waals surface area contributed by atoms with Crippen molar-refractivity contribution in [1.82, 2.24) is 0 Å². The molecular formula is C9H10ClN. The van der Waals surface area contributed by atoms with E-state index in [0.717, 1.165) is 16.3 Å². The normalized spacial score (nSPS) is 11.6. The molecule has 0 aromatic heterocycles. The molecule has 0 unspecified atom stereocenters. The lowest BCUT2D eigenvalue weighted by atomic mass is 10.2. The predicted molar refractivity (Wildman–Crippen MR) is 49.3 cm³/mol. The van der Waals surface area contributed by atoms with Crippen LogP contribution in [-0.2, 0) is 0 Å². The van der Waals surface area contributed by atoms with Gasteiger partial charge < -0.3 is 5.73 Å². The average molecular weight is 168 g/mol. The van der Waals surface area contributed by atoms with Gasteiger partial charge in [0.25, 0.3) is 0 Å². The minimum absolute atomic E-state index is 0.747. The Morgan fingerprint density at radius 2 is 1.91 bits per heavy atom. The van der Waals surface area contributed by atoms with Crippen molar-refractivity contribution in [2.45, 2.75) is 6.92 Å². The van der Waals surface area contributed by atoms with Crippen LogP contribution in [0.3, 0.4) is 0 Å². The third-order valence-corrected chi connectivity index (χ3v) is 1.52. The van der Waals surface area contributed by atoms with Gasteiger partial charge in [0.15, 0.2) is 0 Å². The van der Waals surface area contributed by atoms with Gasteiger partial charge in [-0.25, -0.2) is 0 Å². The molecule has 0 heterocycles. The zero-order valence-corrected chi connectivity index (χ0v) is 7.10. The average Bonchev–Trinajstić information content (AvgIpc) is 1.93. The molecule has 0 bridgehead atoms. The first-order valence-electron chi connectivity index (χ1n) is 3.38. The van der Waals surface area contributed by atoms with E-state index < -0.39 is 0 Å². The van der Waals surface area contributed by atoms with Crippen molar-refractivity contribution < 1.29 is 0 Å². The summed E-state index contributed by atoms with van der Waals surface area (Å²) in [6.07, 6.45) is 1.90. The standard InChI is InChI=1S/C9H10ClN/c1-7(11)6-8-2-4-9(10)5-3-8/h2-6H,11H2,1H3/b7-6+. The van der Waals surface area contributed by atoms with Crippen LogP contribution in [0.5, 0.6) is 0 Å². The predicted octanol–water partition coefficient (Wildman–Crippen LogP) is 2.66. The number of hydrogen-bond acceptors (Lipinski definition) is 1. The van der Waals surface area contributed by atoms with E-state index in [1.54, 1.807) is 0 Å². The highest BCUT2D eigenvalue weighted by Crippen LogP contribution is 2.10. The first-order valence-corrected chi connectivity index (χ1v) is 3.75. The number of allylic oxidation sites excluding steroid dienone is 1. The quantitative estimate of drug-likeness (QED) is 0.684. The molecule has 1 aromatic rings. The van der Waals surface area contributed by atoms with Crippen LogP contribution < -0.4 is 5.73 Å². The fourth-order valence-corrected chi connectivity index (χ4v) is 0.948.